The maximum absolute atomic E-state index is 11.4. The van der Waals surface area contributed by atoms with Crippen molar-refractivity contribution in [2.24, 2.45) is 0 Å². The van der Waals surface area contributed by atoms with E-state index in [1.165, 1.54) is 6.07 Å². The number of H-pyrrole nitrogens is 1. The van der Waals surface area contributed by atoms with E-state index in [0.717, 1.165) is 5.56 Å². The van der Waals surface area contributed by atoms with Crippen LogP contribution in [0.25, 0.3) is 11.4 Å². The number of nitrogens with zero attached hydrogens (tertiary/aromatic N) is 3. The van der Waals surface area contributed by atoms with E-state index in [4.69, 9.17) is 11.6 Å². The van der Waals surface area contributed by atoms with Crippen molar-refractivity contribution in [2.75, 3.05) is 0 Å². The molecule has 90 valence electrons. The van der Waals surface area contributed by atoms with Gasteiger partial charge in [-0.2, -0.15) is 5.10 Å². The van der Waals surface area contributed by atoms with Crippen LogP contribution in [0, 0.1) is 0 Å². The lowest BCUT2D eigenvalue weighted by Crippen LogP contribution is -2.09. The Hall–Kier alpha value is -1.62. The standard InChI is InChI=1S/C11H13ClN4O/c1-7(2)16-6-8(5-13-16)11-14-9(4-12)3-10(17)15-11/h3,5-7H,4H2,1-2H3,(H,14,15,17). The summed E-state index contributed by atoms with van der Waals surface area (Å²) in [5.41, 5.74) is 1.13. The number of nitrogens with one attached hydrogen (secondary N) is 1. The molecule has 0 amide bonds. The summed E-state index contributed by atoms with van der Waals surface area (Å²) in [6.07, 6.45) is 3.53. The Balaban J connectivity index is 2.45. The minimum Gasteiger partial charge on any atom is -0.306 e. The molecule has 0 spiro atoms. The number of alkyl halides is 1. The number of hydrogen-bond donors (Lipinski definition) is 1. The van der Waals surface area contributed by atoms with Crippen LogP contribution in [0.3, 0.4) is 0 Å². The smallest absolute Gasteiger partial charge is 0.251 e. The SMILES string of the molecule is CC(C)n1cc(-c2nc(CCl)cc(=O)[nH]2)cn1. The van der Waals surface area contributed by atoms with Gasteiger partial charge in [-0.25, -0.2) is 4.98 Å². The van der Waals surface area contributed by atoms with Crippen LogP contribution in [0.15, 0.2) is 23.3 Å². The van der Waals surface area contributed by atoms with Gasteiger partial charge in [-0.15, -0.1) is 11.6 Å². The maximum atomic E-state index is 11.4. The number of hydrogen-bond acceptors (Lipinski definition) is 3. The van der Waals surface area contributed by atoms with E-state index < -0.39 is 0 Å². The second-order valence-corrected chi connectivity index (χ2v) is 4.29. The molecule has 6 heteroatoms. The predicted molar refractivity (Wildman–Crippen MR) is 66.0 cm³/mol. The van der Waals surface area contributed by atoms with Crippen molar-refractivity contribution < 1.29 is 0 Å². The van der Waals surface area contributed by atoms with Gasteiger partial charge in [-0.1, -0.05) is 0 Å². The van der Waals surface area contributed by atoms with Crippen molar-refractivity contribution >= 4 is 11.6 Å². The van der Waals surface area contributed by atoms with Crippen molar-refractivity contribution in [1.82, 2.24) is 19.7 Å². The van der Waals surface area contributed by atoms with Gasteiger partial charge in [0.05, 0.1) is 23.3 Å². The van der Waals surface area contributed by atoms with E-state index in [1.54, 1.807) is 6.20 Å². The fourth-order valence-corrected chi connectivity index (χ4v) is 1.59. The van der Waals surface area contributed by atoms with Crippen LogP contribution in [0.2, 0.25) is 0 Å². The van der Waals surface area contributed by atoms with E-state index in [9.17, 15) is 4.79 Å². The minimum absolute atomic E-state index is 0.206. The first kappa shape index (κ1) is 11.9. The van der Waals surface area contributed by atoms with Crippen molar-refractivity contribution in [3.8, 4) is 11.4 Å². The molecule has 0 aromatic carbocycles. The molecule has 5 nitrogen and oxygen atoms in total. The molecule has 1 N–H and O–H groups in total. The molecule has 0 bridgehead atoms. The average Bonchev–Trinajstić information content (AvgIpc) is 2.77. The van der Waals surface area contributed by atoms with Crippen LogP contribution in [0.1, 0.15) is 25.6 Å². The molecule has 0 saturated heterocycles. The third-order valence-electron chi connectivity index (χ3n) is 2.34. The van der Waals surface area contributed by atoms with Gasteiger partial charge in [0.25, 0.3) is 5.56 Å². The topological polar surface area (TPSA) is 63.6 Å². The lowest BCUT2D eigenvalue weighted by molar-refractivity contribution is 0.532. The van der Waals surface area contributed by atoms with E-state index in [2.05, 4.69) is 15.1 Å². The first-order valence-electron chi connectivity index (χ1n) is 5.31. The van der Waals surface area contributed by atoms with Gasteiger partial charge in [-0.3, -0.25) is 9.48 Å². The van der Waals surface area contributed by atoms with E-state index >= 15 is 0 Å². The normalized spacial score (nSPS) is 11.1. The summed E-state index contributed by atoms with van der Waals surface area (Å²) in [5, 5.41) is 4.20. The van der Waals surface area contributed by atoms with Crippen molar-refractivity contribution in [1.29, 1.82) is 0 Å². The molecule has 2 heterocycles. The zero-order valence-electron chi connectivity index (χ0n) is 9.64. The largest absolute Gasteiger partial charge is 0.306 e. The monoisotopic (exact) mass is 252 g/mol. The summed E-state index contributed by atoms with van der Waals surface area (Å²) in [7, 11) is 0. The van der Waals surface area contributed by atoms with Gasteiger partial charge in [0.15, 0.2) is 0 Å². The zero-order valence-corrected chi connectivity index (χ0v) is 10.4. The molecule has 0 atom stereocenters. The summed E-state index contributed by atoms with van der Waals surface area (Å²) in [4.78, 5) is 18.3. The number of aromatic nitrogens is 4. The summed E-state index contributed by atoms with van der Waals surface area (Å²) >= 11 is 5.68. The molecule has 0 radical (unpaired) electrons. The Morgan fingerprint density at radius 3 is 2.88 bits per heavy atom. The van der Waals surface area contributed by atoms with Crippen LogP contribution in [-0.4, -0.2) is 19.7 Å². The molecule has 0 fully saturated rings. The number of rotatable bonds is 3. The van der Waals surface area contributed by atoms with Crippen LogP contribution < -0.4 is 5.56 Å². The third kappa shape index (κ3) is 2.55. The molecule has 2 aromatic heterocycles. The molecular weight excluding hydrogens is 240 g/mol. The quantitative estimate of drug-likeness (QED) is 0.850. The summed E-state index contributed by atoms with van der Waals surface area (Å²) in [6, 6.07) is 1.66. The van der Waals surface area contributed by atoms with Gasteiger partial charge < -0.3 is 4.98 Å². The first-order valence-corrected chi connectivity index (χ1v) is 5.84. The van der Waals surface area contributed by atoms with Gasteiger partial charge in [0, 0.05) is 18.3 Å². The number of aromatic amines is 1. The highest BCUT2D eigenvalue weighted by atomic mass is 35.5. The third-order valence-corrected chi connectivity index (χ3v) is 2.61. The molecule has 2 aromatic rings. The van der Waals surface area contributed by atoms with Gasteiger partial charge in [0.1, 0.15) is 5.82 Å². The van der Waals surface area contributed by atoms with E-state index in [-0.39, 0.29) is 17.5 Å². The molecule has 17 heavy (non-hydrogen) atoms. The van der Waals surface area contributed by atoms with Gasteiger partial charge >= 0.3 is 0 Å². The molecule has 0 aliphatic carbocycles. The van der Waals surface area contributed by atoms with Gasteiger partial charge in [0.2, 0.25) is 0 Å². The van der Waals surface area contributed by atoms with E-state index in [1.807, 2.05) is 24.7 Å². The Kier molecular flexibility index (Phi) is 3.28. The molecule has 0 aliphatic rings. The second-order valence-electron chi connectivity index (χ2n) is 4.02. The van der Waals surface area contributed by atoms with Crippen LogP contribution in [-0.2, 0) is 5.88 Å². The molecule has 2 rings (SSSR count). The van der Waals surface area contributed by atoms with Crippen molar-refractivity contribution in [2.45, 2.75) is 25.8 Å². The summed E-state index contributed by atoms with van der Waals surface area (Å²) in [6.45, 7) is 4.06. The fourth-order valence-electron chi connectivity index (χ4n) is 1.46. The number of halogens is 1. The van der Waals surface area contributed by atoms with Gasteiger partial charge in [-0.05, 0) is 13.8 Å². The highest BCUT2D eigenvalue weighted by molar-refractivity contribution is 6.16. The maximum Gasteiger partial charge on any atom is 0.251 e. The Morgan fingerprint density at radius 2 is 2.29 bits per heavy atom. The molecule has 0 saturated carbocycles. The summed E-state index contributed by atoms with van der Waals surface area (Å²) < 4.78 is 1.81. The Bertz CT molecular complexity index is 573. The second kappa shape index (κ2) is 4.71. The lowest BCUT2D eigenvalue weighted by atomic mass is 10.3. The van der Waals surface area contributed by atoms with Crippen LogP contribution in [0.5, 0.6) is 0 Å². The summed E-state index contributed by atoms with van der Waals surface area (Å²) in [5.74, 6) is 0.718. The minimum atomic E-state index is -0.206. The fraction of sp³-hybridized carbons (Fsp3) is 0.364. The van der Waals surface area contributed by atoms with Crippen molar-refractivity contribution in [3.05, 3.63) is 34.5 Å². The average molecular weight is 253 g/mol. The zero-order chi connectivity index (χ0) is 12.4. The molecule has 0 unspecified atom stereocenters. The van der Waals surface area contributed by atoms with Crippen LogP contribution >= 0.6 is 11.6 Å². The van der Waals surface area contributed by atoms with E-state index in [0.29, 0.717) is 11.5 Å². The lowest BCUT2D eigenvalue weighted by Gasteiger charge is -2.03. The van der Waals surface area contributed by atoms with Crippen molar-refractivity contribution in [3.63, 3.8) is 0 Å². The first-order chi connectivity index (χ1) is 8.10. The Morgan fingerprint density at radius 1 is 1.53 bits per heavy atom. The van der Waals surface area contributed by atoms with Crippen LogP contribution in [0.4, 0.5) is 0 Å². The predicted octanol–water partition coefficient (Wildman–Crippen LogP) is 1.95. The molecule has 0 aliphatic heterocycles. The highest BCUT2D eigenvalue weighted by Gasteiger charge is 2.07. The highest BCUT2D eigenvalue weighted by Crippen LogP contribution is 2.15. The molecular formula is C11H13ClN4O. The Labute approximate surface area is 103 Å².